The Morgan fingerprint density at radius 2 is 0.633 bits per heavy atom. The Balaban J connectivity index is 1.59. The van der Waals surface area contributed by atoms with E-state index in [2.05, 4.69) is 48.5 Å². The fraction of sp³-hybridized carbons (Fsp3) is 0. The first-order valence-corrected chi connectivity index (χ1v) is 9.90. The van der Waals surface area contributed by atoms with Gasteiger partial charge in [0.25, 0.3) is 0 Å². The summed E-state index contributed by atoms with van der Waals surface area (Å²) in [7, 11) is 0. The lowest BCUT2D eigenvalue weighted by molar-refractivity contribution is 0.627. The summed E-state index contributed by atoms with van der Waals surface area (Å²) in [5.41, 5.74) is 4.15. The quantitative estimate of drug-likeness (QED) is 0.261. The van der Waals surface area contributed by atoms with Crippen LogP contribution in [0, 0.1) is 11.6 Å². The zero-order valence-corrected chi connectivity index (χ0v) is 16.0. The maximum atomic E-state index is 13.3. The molecule has 0 fully saturated rings. The molecule has 0 aliphatic carbocycles. The minimum Gasteiger partial charge on any atom is -0.207 e. The van der Waals surface area contributed by atoms with Crippen LogP contribution in [0.3, 0.4) is 0 Å². The average molecular weight is 390 g/mol. The molecule has 0 heterocycles. The predicted octanol–water partition coefficient (Wildman–Crippen LogP) is 8.20. The third-order valence-corrected chi connectivity index (χ3v) is 5.89. The third-order valence-electron chi connectivity index (χ3n) is 5.89. The van der Waals surface area contributed by atoms with E-state index >= 15 is 0 Å². The SMILES string of the molecule is Fc1ccc(-c2cc3ccc4cc(-c5ccc(F)cc5)cc5ccc(c2)c3c45)cc1. The molecule has 0 nitrogen and oxygen atoms in total. The van der Waals surface area contributed by atoms with E-state index in [-0.39, 0.29) is 11.6 Å². The van der Waals surface area contributed by atoms with E-state index in [0.717, 1.165) is 22.3 Å². The van der Waals surface area contributed by atoms with E-state index in [1.165, 1.54) is 56.6 Å². The summed E-state index contributed by atoms with van der Waals surface area (Å²) in [6.07, 6.45) is 0. The van der Waals surface area contributed by atoms with Gasteiger partial charge in [0, 0.05) is 0 Å². The van der Waals surface area contributed by atoms with Crippen LogP contribution in [0.4, 0.5) is 8.78 Å². The van der Waals surface area contributed by atoms with E-state index in [1.54, 1.807) is 0 Å². The monoisotopic (exact) mass is 390 g/mol. The molecular formula is C28H16F2. The molecule has 2 heteroatoms. The van der Waals surface area contributed by atoms with Crippen molar-refractivity contribution in [2.24, 2.45) is 0 Å². The summed E-state index contributed by atoms with van der Waals surface area (Å²) < 4.78 is 26.7. The molecule has 6 aromatic carbocycles. The van der Waals surface area contributed by atoms with E-state index in [0.29, 0.717) is 0 Å². The van der Waals surface area contributed by atoms with Gasteiger partial charge in [-0.1, -0.05) is 48.5 Å². The Labute approximate surface area is 172 Å². The largest absolute Gasteiger partial charge is 0.207 e. The molecule has 30 heavy (non-hydrogen) atoms. The number of halogens is 2. The van der Waals surface area contributed by atoms with Crippen molar-refractivity contribution < 1.29 is 8.78 Å². The second-order valence-corrected chi connectivity index (χ2v) is 7.74. The van der Waals surface area contributed by atoms with Gasteiger partial charge in [-0.25, -0.2) is 8.78 Å². The highest BCUT2D eigenvalue weighted by Crippen LogP contribution is 2.39. The Bertz CT molecular complexity index is 1340. The first kappa shape index (κ1) is 17.1. The van der Waals surface area contributed by atoms with E-state index in [1.807, 2.05) is 24.3 Å². The number of hydrogen-bond acceptors (Lipinski definition) is 0. The summed E-state index contributed by atoms with van der Waals surface area (Å²) in [5.74, 6) is -0.457. The van der Waals surface area contributed by atoms with Crippen molar-refractivity contribution in [3.8, 4) is 22.3 Å². The Hall–Kier alpha value is -3.78. The molecule has 0 bridgehead atoms. The van der Waals surface area contributed by atoms with Crippen LogP contribution in [0.1, 0.15) is 0 Å². The van der Waals surface area contributed by atoms with Crippen molar-refractivity contribution in [2.45, 2.75) is 0 Å². The van der Waals surface area contributed by atoms with Gasteiger partial charge in [-0.15, -0.1) is 0 Å². The summed E-state index contributed by atoms with van der Waals surface area (Å²) in [4.78, 5) is 0. The maximum absolute atomic E-state index is 13.3. The van der Waals surface area contributed by atoms with Crippen LogP contribution in [0.25, 0.3) is 54.6 Å². The zero-order valence-electron chi connectivity index (χ0n) is 16.0. The zero-order chi connectivity index (χ0) is 20.2. The molecular weight excluding hydrogens is 374 g/mol. The second-order valence-electron chi connectivity index (χ2n) is 7.74. The van der Waals surface area contributed by atoms with Crippen molar-refractivity contribution >= 4 is 32.3 Å². The molecule has 0 saturated carbocycles. The topological polar surface area (TPSA) is 0 Å². The molecule has 0 aliphatic heterocycles. The molecule has 0 radical (unpaired) electrons. The lowest BCUT2D eigenvalue weighted by atomic mass is 9.89. The van der Waals surface area contributed by atoms with Crippen molar-refractivity contribution in [2.75, 3.05) is 0 Å². The highest BCUT2D eigenvalue weighted by atomic mass is 19.1. The van der Waals surface area contributed by atoms with Gasteiger partial charge < -0.3 is 0 Å². The molecule has 0 saturated heterocycles. The summed E-state index contributed by atoms with van der Waals surface area (Å²) in [6, 6.07) is 30.5. The fourth-order valence-electron chi connectivity index (χ4n) is 4.46. The molecule has 6 rings (SSSR count). The van der Waals surface area contributed by atoms with Gasteiger partial charge in [0.1, 0.15) is 11.6 Å². The maximum Gasteiger partial charge on any atom is 0.123 e. The first-order chi connectivity index (χ1) is 14.7. The van der Waals surface area contributed by atoms with E-state index < -0.39 is 0 Å². The summed E-state index contributed by atoms with van der Waals surface area (Å²) >= 11 is 0. The smallest absolute Gasteiger partial charge is 0.123 e. The number of benzene rings is 6. The molecule has 0 aromatic heterocycles. The standard InChI is InChI=1S/C28H16F2/c29-25-9-5-17(6-10-25)23-13-19-1-2-20-14-24(18-7-11-26(30)12-8-18)16-22-4-3-21(15-23)27(19)28(20)22/h1-16H. The molecule has 0 spiro atoms. The molecule has 6 aromatic rings. The second kappa shape index (κ2) is 6.36. The fourth-order valence-corrected chi connectivity index (χ4v) is 4.46. The minimum atomic E-state index is -0.228. The van der Waals surface area contributed by atoms with Crippen LogP contribution in [-0.2, 0) is 0 Å². The molecule has 142 valence electrons. The van der Waals surface area contributed by atoms with Crippen LogP contribution < -0.4 is 0 Å². The van der Waals surface area contributed by atoms with Crippen LogP contribution in [0.2, 0.25) is 0 Å². The van der Waals surface area contributed by atoms with Crippen LogP contribution in [0.5, 0.6) is 0 Å². The Kier molecular flexibility index (Phi) is 3.63. The highest BCUT2D eigenvalue weighted by Gasteiger charge is 2.12. The summed E-state index contributed by atoms with van der Waals surface area (Å²) in [6.45, 7) is 0. The van der Waals surface area contributed by atoms with Gasteiger partial charge in [-0.2, -0.15) is 0 Å². The van der Waals surface area contributed by atoms with Gasteiger partial charge in [-0.3, -0.25) is 0 Å². The molecule has 0 atom stereocenters. The van der Waals surface area contributed by atoms with Crippen LogP contribution >= 0.6 is 0 Å². The van der Waals surface area contributed by atoms with E-state index in [9.17, 15) is 8.78 Å². The van der Waals surface area contributed by atoms with Gasteiger partial charge in [-0.05, 0) is 103 Å². The molecule has 0 amide bonds. The average Bonchev–Trinajstić information content (AvgIpc) is 2.78. The number of rotatable bonds is 2. The summed E-state index contributed by atoms with van der Waals surface area (Å²) in [5, 5.41) is 7.14. The highest BCUT2D eigenvalue weighted by molar-refractivity contribution is 6.24. The van der Waals surface area contributed by atoms with Gasteiger partial charge in [0.15, 0.2) is 0 Å². The molecule has 0 unspecified atom stereocenters. The lowest BCUT2D eigenvalue weighted by Crippen LogP contribution is -1.88. The molecule has 0 aliphatic rings. The van der Waals surface area contributed by atoms with Crippen molar-refractivity contribution in [1.82, 2.24) is 0 Å². The van der Waals surface area contributed by atoms with Crippen molar-refractivity contribution in [3.05, 3.63) is 109 Å². The minimum absolute atomic E-state index is 0.228. The first-order valence-electron chi connectivity index (χ1n) is 9.90. The Morgan fingerprint density at radius 3 is 0.933 bits per heavy atom. The number of hydrogen-bond donors (Lipinski definition) is 0. The lowest BCUT2D eigenvalue weighted by Gasteiger charge is -2.14. The van der Waals surface area contributed by atoms with Gasteiger partial charge in [0.05, 0.1) is 0 Å². The normalized spacial score (nSPS) is 11.7. The van der Waals surface area contributed by atoms with Gasteiger partial charge >= 0.3 is 0 Å². The van der Waals surface area contributed by atoms with Crippen LogP contribution in [0.15, 0.2) is 97.1 Å². The van der Waals surface area contributed by atoms with Crippen molar-refractivity contribution in [1.29, 1.82) is 0 Å². The predicted molar refractivity (Wildman–Crippen MR) is 121 cm³/mol. The van der Waals surface area contributed by atoms with E-state index in [4.69, 9.17) is 0 Å². The van der Waals surface area contributed by atoms with Crippen molar-refractivity contribution in [3.63, 3.8) is 0 Å². The Morgan fingerprint density at radius 1 is 0.333 bits per heavy atom. The molecule has 0 N–H and O–H groups in total. The van der Waals surface area contributed by atoms with Gasteiger partial charge in [0.2, 0.25) is 0 Å². The third kappa shape index (κ3) is 2.65. The van der Waals surface area contributed by atoms with Crippen LogP contribution in [-0.4, -0.2) is 0 Å².